The van der Waals surface area contributed by atoms with Crippen LogP contribution < -0.4 is 9.91 Å². The molecular formula is C34H31N3. The van der Waals surface area contributed by atoms with Gasteiger partial charge in [0.1, 0.15) is 0 Å². The minimum Gasteiger partial charge on any atom is -0.310 e. The van der Waals surface area contributed by atoms with Gasteiger partial charge in [0.05, 0.1) is 17.6 Å². The molecular weight excluding hydrogens is 450 g/mol. The molecule has 0 saturated heterocycles. The smallest absolute Gasteiger partial charge is 0.0652 e. The van der Waals surface area contributed by atoms with E-state index < -0.39 is 0 Å². The molecule has 0 N–H and O–H groups in total. The zero-order valence-corrected chi connectivity index (χ0v) is 21.5. The molecule has 0 aliphatic heterocycles. The summed E-state index contributed by atoms with van der Waals surface area (Å²) in [6.45, 7) is 6.40. The summed E-state index contributed by atoms with van der Waals surface area (Å²) in [4.78, 5) is 2.29. The van der Waals surface area contributed by atoms with Crippen LogP contribution in [0.2, 0.25) is 0 Å². The molecule has 0 aromatic heterocycles. The number of nitrogens with zero attached hydrogens (tertiary/aromatic N) is 3. The van der Waals surface area contributed by atoms with E-state index in [2.05, 4.69) is 129 Å². The Balaban J connectivity index is 1.47. The highest BCUT2D eigenvalue weighted by atomic mass is 15.5. The molecule has 0 amide bonds. The molecule has 0 fully saturated rings. The molecule has 0 spiro atoms. The first-order valence-corrected chi connectivity index (χ1v) is 12.6. The molecule has 0 unspecified atom stereocenters. The second-order valence-corrected chi connectivity index (χ2v) is 9.26. The van der Waals surface area contributed by atoms with Gasteiger partial charge in [0.2, 0.25) is 0 Å². The van der Waals surface area contributed by atoms with Gasteiger partial charge in [-0.15, -0.1) is 0 Å². The van der Waals surface area contributed by atoms with Crippen LogP contribution in [0.15, 0.2) is 132 Å². The van der Waals surface area contributed by atoms with Crippen molar-refractivity contribution in [3.63, 3.8) is 0 Å². The van der Waals surface area contributed by atoms with Crippen molar-refractivity contribution in [3.05, 3.63) is 150 Å². The van der Waals surface area contributed by atoms with Crippen molar-refractivity contribution in [1.82, 2.24) is 0 Å². The molecule has 37 heavy (non-hydrogen) atoms. The highest BCUT2D eigenvalue weighted by Gasteiger charge is 2.13. The van der Waals surface area contributed by atoms with Crippen LogP contribution in [0.4, 0.5) is 28.4 Å². The van der Waals surface area contributed by atoms with E-state index in [1.165, 1.54) is 16.7 Å². The van der Waals surface area contributed by atoms with Crippen molar-refractivity contribution in [2.75, 3.05) is 9.91 Å². The van der Waals surface area contributed by atoms with Gasteiger partial charge in [-0.05, 0) is 98.1 Å². The predicted octanol–water partition coefficient (Wildman–Crippen LogP) is 9.25. The monoisotopic (exact) mass is 481 g/mol. The Morgan fingerprint density at radius 3 is 1.62 bits per heavy atom. The van der Waals surface area contributed by atoms with Crippen LogP contribution in [0.1, 0.15) is 22.3 Å². The number of anilines is 5. The fraction of sp³-hybridized carbons (Fsp3) is 0.0882. The second-order valence-electron chi connectivity index (χ2n) is 9.26. The van der Waals surface area contributed by atoms with Crippen LogP contribution in [0.25, 0.3) is 0 Å². The van der Waals surface area contributed by atoms with Crippen LogP contribution in [0.5, 0.6) is 0 Å². The summed E-state index contributed by atoms with van der Waals surface area (Å²) >= 11 is 0. The molecule has 0 saturated carbocycles. The SMILES string of the molecule is Cc1ccc(N(/N=C/c2ccc(N(c3ccccc3)c3ccc(C)c(C)c3)cc2)c2ccccc2)cc1. The summed E-state index contributed by atoms with van der Waals surface area (Å²) in [6.07, 6.45) is 1.92. The molecule has 3 heteroatoms. The standard InChI is InChI=1S/C34H31N3/c1-26-14-19-33(20-15-26)37(32-12-8-5-9-13-32)35-25-29-17-22-31(23-18-29)36(30-10-6-4-7-11-30)34-21-16-27(2)28(3)24-34/h4-25H,1-3H3/b35-25+. The molecule has 0 bridgehead atoms. The fourth-order valence-electron chi connectivity index (χ4n) is 4.26. The molecule has 0 aliphatic rings. The van der Waals surface area contributed by atoms with Gasteiger partial charge in [-0.25, -0.2) is 5.01 Å². The predicted molar refractivity (Wildman–Crippen MR) is 158 cm³/mol. The van der Waals surface area contributed by atoms with Gasteiger partial charge in [0, 0.05) is 17.1 Å². The number of hydrazone groups is 1. The molecule has 182 valence electrons. The van der Waals surface area contributed by atoms with Gasteiger partial charge in [0.15, 0.2) is 0 Å². The van der Waals surface area contributed by atoms with Gasteiger partial charge < -0.3 is 4.90 Å². The van der Waals surface area contributed by atoms with Crippen molar-refractivity contribution in [2.45, 2.75) is 20.8 Å². The summed E-state index contributed by atoms with van der Waals surface area (Å²) in [6, 6.07) is 44.3. The van der Waals surface area contributed by atoms with E-state index in [-0.39, 0.29) is 0 Å². The highest BCUT2D eigenvalue weighted by Crippen LogP contribution is 2.35. The third-order valence-electron chi connectivity index (χ3n) is 6.52. The average molecular weight is 482 g/mol. The molecule has 5 aromatic carbocycles. The molecule has 3 nitrogen and oxygen atoms in total. The molecule has 0 radical (unpaired) electrons. The lowest BCUT2D eigenvalue weighted by Crippen LogP contribution is -2.11. The molecule has 0 heterocycles. The lowest BCUT2D eigenvalue weighted by molar-refractivity contribution is 1.09. The maximum atomic E-state index is 4.87. The molecule has 5 aromatic rings. The minimum absolute atomic E-state index is 1.02. The van der Waals surface area contributed by atoms with Gasteiger partial charge >= 0.3 is 0 Å². The molecule has 0 aliphatic carbocycles. The van der Waals surface area contributed by atoms with Gasteiger partial charge in [-0.1, -0.05) is 72.3 Å². The van der Waals surface area contributed by atoms with Crippen molar-refractivity contribution in [2.24, 2.45) is 5.10 Å². The largest absolute Gasteiger partial charge is 0.310 e. The lowest BCUT2D eigenvalue weighted by atomic mass is 10.1. The van der Waals surface area contributed by atoms with Crippen LogP contribution in [0.3, 0.4) is 0 Å². The Morgan fingerprint density at radius 1 is 0.486 bits per heavy atom. The number of para-hydroxylation sites is 2. The number of hydrogen-bond acceptors (Lipinski definition) is 3. The van der Waals surface area contributed by atoms with Crippen LogP contribution in [-0.4, -0.2) is 6.21 Å². The Labute approximate surface area is 220 Å². The second kappa shape index (κ2) is 11.0. The topological polar surface area (TPSA) is 18.8 Å². The maximum absolute atomic E-state index is 4.87. The zero-order chi connectivity index (χ0) is 25.6. The first-order valence-electron chi connectivity index (χ1n) is 12.6. The normalized spacial score (nSPS) is 11.0. The number of benzene rings is 5. The first kappa shape index (κ1) is 24.1. The Hall–Kier alpha value is -4.63. The number of rotatable bonds is 7. The van der Waals surface area contributed by atoms with Crippen molar-refractivity contribution >= 4 is 34.7 Å². The van der Waals surface area contributed by atoms with E-state index in [0.29, 0.717) is 0 Å². The molecule has 0 atom stereocenters. The summed E-state index contributed by atoms with van der Waals surface area (Å²) in [5, 5.41) is 6.84. The summed E-state index contributed by atoms with van der Waals surface area (Å²) in [7, 11) is 0. The Morgan fingerprint density at radius 2 is 1.00 bits per heavy atom. The minimum atomic E-state index is 1.02. The highest BCUT2D eigenvalue weighted by molar-refractivity contribution is 5.84. The van der Waals surface area contributed by atoms with E-state index in [1.807, 2.05) is 35.5 Å². The number of aryl methyl sites for hydroxylation is 3. The summed E-state index contributed by atoms with van der Waals surface area (Å²) < 4.78 is 0. The van der Waals surface area contributed by atoms with E-state index >= 15 is 0 Å². The van der Waals surface area contributed by atoms with Gasteiger partial charge in [-0.3, -0.25) is 0 Å². The van der Waals surface area contributed by atoms with Crippen molar-refractivity contribution in [1.29, 1.82) is 0 Å². The van der Waals surface area contributed by atoms with Crippen molar-refractivity contribution < 1.29 is 0 Å². The Bertz CT molecular complexity index is 1470. The van der Waals surface area contributed by atoms with Crippen molar-refractivity contribution in [3.8, 4) is 0 Å². The van der Waals surface area contributed by atoms with Gasteiger partial charge in [0.25, 0.3) is 0 Å². The van der Waals surface area contributed by atoms with Gasteiger partial charge in [-0.2, -0.15) is 5.10 Å². The summed E-state index contributed by atoms with van der Waals surface area (Å²) in [5.41, 5.74) is 10.2. The van der Waals surface area contributed by atoms with E-state index in [0.717, 1.165) is 34.0 Å². The van der Waals surface area contributed by atoms with Crippen LogP contribution in [0, 0.1) is 20.8 Å². The van der Waals surface area contributed by atoms with E-state index in [9.17, 15) is 0 Å². The third kappa shape index (κ3) is 5.62. The first-order chi connectivity index (χ1) is 18.1. The molecule has 5 rings (SSSR count). The number of hydrogen-bond donors (Lipinski definition) is 0. The van der Waals surface area contributed by atoms with E-state index in [4.69, 9.17) is 5.10 Å². The summed E-state index contributed by atoms with van der Waals surface area (Å²) in [5.74, 6) is 0. The fourth-order valence-corrected chi connectivity index (χ4v) is 4.26. The Kier molecular flexibility index (Phi) is 7.14. The average Bonchev–Trinajstić information content (AvgIpc) is 2.94. The maximum Gasteiger partial charge on any atom is 0.0652 e. The third-order valence-corrected chi connectivity index (χ3v) is 6.52. The zero-order valence-electron chi connectivity index (χ0n) is 21.5. The lowest BCUT2D eigenvalue weighted by Gasteiger charge is -2.26. The van der Waals surface area contributed by atoms with Crippen LogP contribution in [-0.2, 0) is 0 Å². The van der Waals surface area contributed by atoms with Crippen LogP contribution >= 0.6 is 0 Å². The quantitative estimate of drug-likeness (QED) is 0.170. The van der Waals surface area contributed by atoms with E-state index in [1.54, 1.807) is 0 Å².